The van der Waals surface area contributed by atoms with Gasteiger partial charge in [0.25, 0.3) is 15.2 Å². The number of aliphatic imine (C=N–C) groups is 2. The minimum absolute atomic E-state index is 0.185. The Hall–Kier alpha value is -1.01. The third kappa shape index (κ3) is 4.29. The van der Waals surface area contributed by atoms with Crippen LogP contribution in [-0.2, 0) is 10.0 Å². The topological polar surface area (TPSA) is 70.9 Å². The number of amidine groups is 1. The molecule has 6 heteroatoms. The minimum atomic E-state index is -3.59. The summed E-state index contributed by atoms with van der Waals surface area (Å²) in [5.41, 5.74) is 0. The molecule has 5 nitrogen and oxygen atoms in total. The van der Waals surface area contributed by atoms with E-state index in [1.807, 2.05) is 0 Å². The summed E-state index contributed by atoms with van der Waals surface area (Å²) in [4.78, 5) is 7.21. The normalized spacial score (nSPS) is 13.9. The first kappa shape index (κ1) is 13.0. The zero-order valence-corrected chi connectivity index (χ0v) is 9.37. The second kappa shape index (κ2) is 5.66. The van der Waals surface area contributed by atoms with Crippen molar-refractivity contribution in [2.75, 3.05) is 7.05 Å². The van der Waals surface area contributed by atoms with Crippen LogP contribution in [0.1, 0.15) is 13.8 Å². The molecule has 0 atom stereocenters. The third-order valence-corrected chi connectivity index (χ3v) is 2.66. The monoisotopic (exact) mass is 217 g/mol. The van der Waals surface area contributed by atoms with E-state index in [2.05, 4.69) is 21.3 Å². The van der Waals surface area contributed by atoms with Gasteiger partial charge in [0, 0.05) is 19.3 Å². The first-order valence-electron chi connectivity index (χ1n) is 4.08. The maximum absolute atomic E-state index is 11.5. The van der Waals surface area contributed by atoms with Crippen molar-refractivity contribution >= 4 is 21.4 Å². The third-order valence-electron chi connectivity index (χ3n) is 1.11. The van der Waals surface area contributed by atoms with E-state index in [1.54, 1.807) is 13.8 Å². The lowest BCUT2D eigenvalue weighted by Crippen LogP contribution is -2.35. The van der Waals surface area contributed by atoms with Gasteiger partial charge in [-0.2, -0.15) is 0 Å². The number of rotatable bonds is 3. The Labute approximate surface area is 84.7 Å². The molecule has 0 aliphatic rings. The number of nitrogens with one attached hydrogen (secondary N) is 1. The summed E-state index contributed by atoms with van der Waals surface area (Å²) in [5.74, 6) is 0. The molecule has 0 rings (SSSR count). The Balaban J connectivity index is 4.87. The fraction of sp³-hybridized carbons (Fsp3) is 0.500. The smallest absolute Gasteiger partial charge is 0.259 e. The molecule has 0 aromatic carbocycles. The number of sulfonamides is 1. The highest BCUT2D eigenvalue weighted by Gasteiger charge is 2.18. The molecule has 0 aliphatic carbocycles. The van der Waals surface area contributed by atoms with Crippen LogP contribution in [0.25, 0.3) is 0 Å². The van der Waals surface area contributed by atoms with Crippen LogP contribution in [-0.4, -0.2) is 32.9 Å². The highest BCUT2D eigenvalue weighted by Crippen LogP contribution is 1.94. The maximum Gasteiger partial charge on any atom is 0.276 e. The number of hydrogen-bond donors (Lipinski definition) is 1. The second-order valence-corrected chi connectivity index (χ2v) is 4.40. The van der Waals surface area contributed by atoms with Gasteiger partial charge in [-0.05, 0) is 13.8 Å². The van der Waals surface area contributed by atoms with Crippen LogP contribution in [0, 0.1) is 0 Å². The molecule has 0 amide bonds. The molecule has 0 aliphatic heterocycles. The van der Waals surface area contributed by atoms with Gasteiger partial charge in [-0.3, -0.25) is 4.99 Å². The van der Waals surface area contributed by atoms with E-state index >= 15 is 0 Å². The average molecular weight is 217 g/mol. The van der Waals surface area contributed by atoms with Crippen LogP contribution in [0.2, 0.25) is 0 Å². The highest BCUT2D eigenvalue weighted by molar-refractivity contribution is 8.04. The van der Waals surface area contributed by atoms with Crippen LogP contribution >= 0.6 is 0 Å². The van der Waals surface area contributed by atoms with Crippen molar-refractivity contribution in [3.05, 3.63) is 12.7 Å². The van der Waals surface area contributed by atoms with Gasteiger partial charge in [0.15, 0.2) is 0 Å². The molecule has 0 aromatic rings. The summed E-state index contributed by atoms with van der Waals surface area (Å²) in [5, 5.41) is -0.244. The summed E-state index contributed by atoms with van der Waals surface area (Å²) in [6, 6.07) is -0.185. The highest BCUT2D eigenvalue weighted by atomic mass is 32.2. The average Bonchev–Trinajstić information content (AvgIpc) is 2.02. The summed E-state index contributed by atoms with van der Waals surface area (Å²) in [6.07, 6.45) is 2.66. The van der Waals surface area contributed by atoms with E-state index < -0.39 is 10.0 Å². The first-order chi connectivity index (χ1) is 6.44. The Morgan fingerprint density at radius 1 is 1.50 bits per heavy atom. The van der Waals surface area contributed by atoms with Gasteiger partial charge in [-0.1, -0.05) is 12.7 Å². The van der Waals surface area contributed by atoms with E-state index in [0.29, 0.717) is 0 Å². The number of allylic oxidation sites excluding steroid dienone is 1. The van der Waals surface area contributed by atoms with Gasteiger partial charge in [-0.15, -0.1) is 0 Å². The van der Waals surface area contributed by atoms with Crippen LogP contribution in [0.5, 0.6) is 0 Å². The number of hydrogen-bond acceptors (Lipinski definition) is 3. The van der Waals surface area contributed by atoms with Gasteiger partial charge >= 0.3 is 0 Å². The summed E-state index contributed by atoms with van der Waals surface area (Å²) in [7, 11) is -2.22. The molecular formula is C8H15N3O2S. The van der Waals surface area contributed by atoms with Crippen molar-refractivity contribution in [1.29, 1.82) is 0 Å². The van der Waals surface area contributed by atoms with Crippen LogP contribution in [0.15, 0.2) is 22.6 Å². The molecule has 80 valence electrons. The molecule has 0 radical (unpaired) electrons. The lowest BCUT2D eigenvalue weighted by atomic mass is 10.4. The summed E-state index contributed by atoms with van der Waals surface area (Å²) in [6.45, 7) is 6.84. The molecule has 14 heavy (non-hydrogen) atoms. The molecule has 0 unspecified atom stereocenters. The van der Waals surface area contributed by atoms with Gasteiger partial charge in [0.1, 0.15) is 0 Å². The van der Waals surface area contributed by atoms with Crippen molar-refractivity contribution in [2.45, 2.75) is 19.9 Å². The maximum atomic E-state index is 11.5. The Morgan fingerprint density at radius 3 is 2.43 bits per heavy atom. The SMILES string of the molecule is C=CC=NC(=NC)S(=O)(=O)NC(C)C. The van der Waals surface area contributed by atoms with Gasteiger partial charge in [0.05, 0.1) is 0 Å². The predicted octanol–water partition coefficient (Wildman–Crippen LogP) is 0.557. The van der Waals surface area contributed by atoms with Crippen molar-refractivity contribution < 1.29 is 8.42 Å². The largest absolute Gasteiger partial charge is 0.276 e. The molecule has 0 bridgehead atoms. The first-order valence-corrected chi connectivity index (χ1v) is 5.56. The van der Waals surface area contributed by atoms with Crippen LogP contribution in [0.4, 0.5) is 0 Å². The summed E-state index contributed by atoms with van der Waals surface area (Å²) >= 11 is 0. The minimum Gasteiger partial charge on any atom is -0.259 e. The molecule has 0 aromatic heterocycles. The predicted molar refractivity (Wildman–Crippen MR) is 59.2 cm³/mol. The second-order valence-electron chi connectivity index (χ2n) is 2.80. The molecule has 0 fully saturated rings. The standard InChI is InChI=1S/C8H15N3O2S/c1-5-6-10-8(9-4)14(12,13)11-7(2)3/h5-7,11H,1H2,2-4H3. The van der Waals surface area contributed by atoms with Crippen molar-refractivity contribution in [1.82, 2.24) is 4.72 Å². The molecule has 1 N–H and O–H groups in total. The van der Waals surface area contributed by atoms with Gasteiger partial charge in [0.2, 0.25) is 0 Å². The van der Waals surface area contributed by atoms with Crippen LogP contribution < -0.4 is 4.72 Å². The quantitative estimate of drug-likeness (QED) is 0.554. The van der Waals surface area contributed by atoms with Crippen molar-refractivity contribution in [2.24, 2.45) is 9.98 Å². The Morgan fingerprint density at radius 2 is 2.07 bits per heavy atom. The number of nitrogens with zero attached hydrogens (tertiary/aromatic N) is 2. The lowest BCUT2D eigenvalue weighted by Gasteiger charge is -2.07. The fourth-order valence-electron chi connectivity index (χ4n) is 0.727. The Kier molecular flexibility index (Phi) is 5.26. The van der Waals surface area contributed by atoms with E-state index in [0.717, 1.165) is 0 Å². The Bertz CT molecular complexity index is 342. The zero-order valence-electron chi connectivity index (χ0n) is 8.56. The van der Waals surface area contributed by atoms with E-state index in [-0.39, 0.29) is 11.2 Å². The zero-order chi connectivity index (χ0) is 11.2. The molecular weight excluding hydrogens is 202 g/mol. The van der Waals surface area contributed by atoms with E-state index in [1.165, 1.54) is 19.3 Å². The van der Waals surface area contributed by atoms with Crippen LogP contribution in [0.3, 0.4) is 0 Å². The van der Waals surface area contributed by atoms with Crippen molar-refractivity contribution in [3.8, 4) is 0 Å². The summed E-state index contributed by atoms with van der Waals surface area (Å²) < 4.78 is 25.3. The van der Waals surface area contributed by atoms with E-state index in [4.69, 9.17) is 0 Å². The molecule has 0 saturated heterocycles. The lowest BCUT2D eigenvalue weighted by molar-refractivity contribution is 0.581. The van der Waals surface area contributed by atoms with Gasteiger partial charge < -0.3 is 0 Å². The fourth-order valence-corrected chi connectivity index (χ4v) is 1.89. The van der Waals surface area contributed by atoms with Crippen molar-refractivity contribution in [3.63, 3.8) is 0 Å². The molecule has 0 spiro atoms. The van der Waals surface area contributed by atoms with E-state index in [9.17, 15) is 8.42 Å². The van der Waals surface area contributed by atoms with Gasteiger partial charge in [-0.25, -0.2) is 18.1 Å². The molecule has 0 heterocycles. The molecule has 0 saturated carbocycles.